The van der Waals surface area contributed by atoms with Crippen molar-refractivity contribution in [1.29, 1.82) is 0 Å². The summed E-state index contributed by atoms with van der Waals surface area (Å²) in [7, 11) is 0. The molecule has 0 radical (unpaired) electrons. The second-order valence-electron chi connectivity index (χ2n) is 3.21. The van der Waals surface area contributed by atoms with Crippen molar-refractivity contribution >= 4 is 22.8 Å². The minimum atomic E-state index is -1.13. The van der Waals surface area contributed by atoms with Crippen LogP contribution in [0, 0.1) is 0 Å². The van der Waals surface area contributed by atoms with Crippen molar-refractivity contribution in [3.8, 4) is 0 Å². The lowest BCUT2D eigenvalue weighted by atomic mass is 10.1. The van der Waals surface area contributed by atoms with Crippen molar-refractivity contribution in [2.75, 3.05) is 0 Å². The van der Waals surface area contributed by atoms with Crippen LogP contribution in [0.15, 0.2) is 30.5 Å². The molecule has 80 valence electrons. The molecule has 2 rings (SSSR count). The summed E-state index contributed by atoms with van der Waals surface area (Å²) in [6.45, 7) is 0. The molecule has 5 heteroatoms. The number of fused-ring (bicyclic) bond motifs is 1. The Morgan fingerprint density at radius 1 is 1.12 bits per heavy atom. The van der Waals surface area contributed by atoms with Gasteiger partial charge in [-0.25, -0.2) is 9.59 Å². The van der Waals surface area contributed by atoms with E-state index in [1.807, 2.05) is 0 Å². The lowest BCUT2D eigenvalue weighted by molar-refractivity contribution is 0.0685. The minimum absolute atomic E-state index is 0.0267. The first-order valence-electron chi connectivity index (χ1n) is 4.45. The molecule has 2 aromatic rings. The Hall–Kier alpha value is -2.43. The van der Waals surface area contributed by atoms with E-state index in [9.17, 15) is 9.59 Å². The van der Waals surface area contributed by atoms with Gasteiger partial charge in [-0.15, -0.1) is 0 Å². The van der Waals surface area contributed by atoms with Crippen LogP contribution in [-0.4, -0.2) is 27.1 Å². The molecule has 0 fully saturated rings. The highest BCUT2D eigenvalue weighted by Gasteiger charge is 2.11. The first-order valence-corrected chi connectivity index (χ1v) is 4.45. The van der Waals surface area contributed by atoms with Gasteiger partial charge < -0.3 is 10.2 Å². The highest BCUT2D eigenvalue weighted by molar-refractivity contribution is 6.04. The molecule has 0 bridgehead atoms. The first kappa shape index (κ1) is 10.1. The highest BCUT2D eigenvalue weighted by Crippen LogP contribution is 2.18. The molecule has 1 aromatic carbocycles. The smallest absolute Gasteiger partial charge is 0.337 e. The van der Waals surface area contributed by atoms with Gasteiger partial charge in [0.1, 0.15) is 0 Å². The summed E-state index contributed by atoms with van der Waals surface area (Å²) < 4.78 is 0. The van der Waals surface area contributed by atoms with Crippen LogP contribution in [-0.2, 0) is 0 Å². The molecule has 0 atom stereocenters. The van der Waals surface area contributed by atoms with E-state index < -0.39 is 11.9 Å². The topological polar surface area (TPSA) is 87.5 Å². The maximum Gasteiger partial charge on any atom is 0.337 e. The van der Waals surface area contributed by atoms with E-state index in [2.05, 4.69) is 4.98 Å². The molecular formula is C11H7NO4. The fourth-order valence-electron chi connectivity index (χ4n) is 1.45. The summed E-state index contributed by atoms with van der Waals surface area (Å²) in [6.07, 6.45) is 1.20. The Balaban J connectivity index is 2.78. The normalized spacial score (nSPS) is 10.2. The third kappa shape index (κ3) is 1.58. The van der Waals surface area contributed by atoms with Crippen LogP contribution in [0.25, 0.3) is 10.9 Å². The van der Waals surface area contributed by atoms with E-state index in [1.54, 1.807) is 12.1 Å². The van der Waals surface area contributed by atoms with Gasteiger partial charge >= 0.3 is 11.9 Å². The van der Waals surface area contributed by atoms with E-state index >= 15 is 0 Å². The number of aromatic carboxylic acids is 2. The van der Waals surface area contributed by atoms with Gasteiger partial charge in [0.05, 0.1) is 16.6 Å². The largest absolute Gasteiger partial charge is 0.478 e. The van der Waals surface area contributed by atoms with Crippen LogP contribution in [0.4, 0.5) is 0 Å². The first-order chi connectivity index (χ1) is 7.59. The molecule has 0 aliphatic carbocycles. The number of rotatable bonds is 2. The Labute approximate surface area is 90.0 Å². The zero-order chi connectivity index (χ0) is 11.7. The highest BCUT2D eigenvalue weighted by atomic mass is 16.4. The van der Waals surface area contributed by atoms with Gasteiger partial charge in [-0.3, -0.25) is 4.98 Å². The Bertz CT molecular complexity index is 592. The predicted molar refractivity (Wildman–Crippen MR) is 55.7 cm³/mol. The van der Waals surface area contributed by atoms with Crippen LogP contribution >= 0.6 is 0 Å². The zero-order valence-electron chi connectivity index (χ0n) is 8.04. The van der Waals surface area contributed by atoms with E-state index in [1.165, 1.54) is 18.3 Å². The zero-order valence-corrected chi connectivity index (χ0v) is 8.04. The summed E-state index contributed by atoms with van der Waals surface area (Å²) >= 11 is 0. The molecule has 0 amide bonds. The lowest BCUT2D eigenvalue weighted by Gasteiger charge is -2.02. The quantitative estimate of drug-likeness (QED) is 0.798. The number of benzene rings is 1. The molecule has 1 aromatic heterocycles. The Morgan fingerprint density at radius 2 is 1.88 bits per heavy atom. The molecule has 0 aliphatic heterocycles. The van der Waals surface area contributed by atoms with Crippen molar-refractivity contribution in [2.45, 2.75) is 0 Å². The average Bonchev–Trinajstić information content (AvgIpc) is 2.27. The van der Waals surface area contributed by atoms with Crippen molar-refractivity contribution < 1.29 is 19.8 Å². The summed E-state index contributed by atoms with van der Waals surface area (Å²) in [5.41, 5.74) is 0.485. The summed E-state index contributed by atoms with van der Waals surface area (Å²) in [5, 5.41) is 18.1. The Morgan fingerprint density at radius 3 is 2.50 bits per heavy atom. The number of carbonyl (C=O) groups is 2. The third-order valence-electron chi connectivity index (χ3n) is 2.20. The second-order valence-corrected chi connectivity index (χ2v) is 3.21. The van der Waals surface area contributed by atoms with Crippen LogP contribution in [0.5, 0.6) is 0 Å². The van der Waals surface area contributed by atoms with Gasteiger partial charge in [-0.1, -0.05) is 6.07 Å². The molecule has 2 N–H and O–H groups in total. The summed E-state index contributed by atoms with van der Waals surface area (Å²) in [6, 6.07) is 5.93. The number of nitrogens with zero attached hydrogens (tertiary/aromatic N) is 1. The van der Waals surface area contributed by atoms with Crippen LogP contribution < -0.4 is 0 Å². The van der Waals surface area contributed by atoms with Crippen LogP contribution in [0.2, 0.25) is 0 Å². The van der Waals surface area contributed by atoms with E-state index in [-0.39, 0.29) is 11.1 Å². The van der Waals surface area contributed by atoms with Gasteiger partial charge in [-0.2, -0.15) is 0 Å². The Kier molecular flexibility index (Phi) is 2.28. The molecule has 0 saturated heterocycles. The SMILES string of the molecule is O=C(O)c1cnc2cccc(C(=O)O)c2c1. The van der Waals surface area contributed by atoms with Gasteiger partial charge in [0.15, 0.2) is 0 Å². The molecule has 0 spiro atoms. The number of hydrogen-bond donors (Lipinski definition) is 2. The third-order valence-corrected chi connectivity index (χ3v) is 2.20. The van der Waals surface area contributed by atoms with Gasteiger partial charge in [0, 0.05) is 11.6 Å². The predicted octanol–water partition coefficient (Wildman–Crippen LogP) is 1.63. The minimum Gasteiger partial charge on any atom is -0.478 e. The number of pyridine rings is 1. The number of aromatic nitrogens is 1. The van der Waals surface area contributed by atoms with Crippen molar-refractivity contribution in [2.24, 2.45) is 0 Å². The fourth-order valence-corrected chi connectivity index (χ4v) is 1.45. The van der Waals surface area contributed by atoms with Crippen LogP contribution in [0.1, 0.15) is 20.7 Å². The maximum absolute atomic E-state index is 10.9. The average molecular weight is 217 g/mol. The fraction of sp³-hybridized carbons (Fsp3) is 0. The molecule has 0 aliphatic rings. The van der Waals surface area contributed by atoms with E-state index in [0.717, 1.165) is 0 Å². The number of carboxylic acids is 2. The molecule has 5 nitrogen and oxygen atoms in total. The lowest BCUT2D eigenvalue weighted by Crippen LogP contribution is -2.01. The second kappa shape index (κ2) is 3.62. The van der Waals surface area contributed by atoms with E-state index in [4.69, 9.17) is 10.2 Å². The standard InChI is InChI=1S/C11H7NO4/c13-10(14)6-4-8-7(11(15)16)2-1-3-9(8)12-5-6/h1-5H,(H,13,14)(H,15,16). The van der Waals surface area contributed by atoms with Crippen molar-refractivity contribution in [1.82, 2.24) is 4.98 Å². The van der Waals surface area contributed by atoms with E-state index in [0.29, 0.717) is 10.9 Å². The molecule has 0 saturated carbocycles. The number of carboxylic acid groups (broad SMARTS) is 2. The van der Waals surface area contributed by atoms with Gasteiger partial charge in [0.2, 0.25) is 0 Å². The molecule has 1 heterocycles. The summed E-state index contributed by atoms with van der Waals surface area (Å²) in [4.78, 5) is 25.6. The summed E-state index contributed by atoms with van der Waals surface area (Å²) in [5.74, 6) is -2.23. The van der Waals surface area contributed by atoms with Crippen molar-refractivity contribution in [3.05, 3.63) is 41.6 Å². The molecular weight excluding hydrogens is 210 g/mol. The monoisotopic (exact) mass is 217 g/mol. The van der Waals surface area contributed by atoms with Crippen molar-refractivity contribution in [3.63, 3.8) is 0 Å². The molecule has 0 unspecified atom stereocenters. The number of hydrogen-bond acceptors (Lipinski definition) is 3. The maximum atomic E-state index is 10.9. The molecule has 16 heavy (non-hydrogen) atoms. The van der Waals surface area contributed by atoms with Gasteiger partial charge in [-0.05, 0) is 18.2 Å². The van der Waals surface area contributed by atoms with Crippen LogP contribution in [0.3, 0.4) is 0 Å². The van der Waals surface area contributed by atoms with Gasteiger partial charge in [0.25, 0.3) is 0 Å².